The Morgan fingerprint density at radius 1 is 1.50 bits per heavy atom. The van der Waals surface area contributed by atoms with Gasteiger partial charge in [-0.15, -0.1) is 0 Å². The third-order valence-electron chi connectivity index (χ3n) is 2.25. The molecule has 2 rings (SSSR count). The Kier molecular flexibility index (Phi) is 2.71. The van der Waals surface area contributed by atoms with Crippen molar-refractivity contribution in [3.63, 3.8) is 0 Å². The normalized spacial score (nSPS) is 9.88. The maximum atomic E-state index is 11.8. The molecule has 1 aromatic carbocycles. The van der Waals surface area contributed by atoms with E-state index in [0.717, 1.165) is 5.56 Å². The van der Waals surface area contributed by atoms with Gasteiger partial charge >= 0.3 is 0 Å². The Morgan fingerprint density at radius 2 is 2.31 bits per heavy atom. The van der Waals surface area contributed by atoms with Gasteiger partial charge in [-0.2, -0.15) is 0 Å². The highest BCUT2D eigenvalue weighted by Gasteiger charge is 2.01. The van der Waals surface area contributed by atoms with Gasteiger partial charge in [-0.05, 0) is 18.2 Å². The molecule has 0 aliphatic rings. The van der Waals surface area contributed by atoms with E-state index < -0.39 is 0 Å². The van der Waals surface area contributed by atoms with E-state index >= 15 is 0 Å². The van der Waals surface area contributed by atoms with Gasteiger partial charge in [0, 0.05) is 12.6 Å². The zero-order valence-corrected chi connectivity index (χ0v) is 8.90. The molecule has 0 aliphatic heterocycles. The monoisotopic (exact) mass is 213 g/mol. The molecule has 0 spiro atoms. The molecular weight excluding hydrogens is 202 g/mol. The van der Waals surface area contributed by atoms with Crippen LogP contribution in [0.5, 0.6) is 0 Å². The van der Waals surface area contributed by atoms with E-state index in [9.17, 15) is 4.79 Å². The molecule has 80 valence electrons. The van der Waals surface area contributed by atoms with Gasteiger partial charge in [0.15, 0.2) is 0 Å². The largest absolute Gasteiger partial charge is 0.320 e. The van der Waals surface area contributed by atoms with Crippen molar-refractivity contribution in [1.82, 2.24) is 9.55 Å². The maximum absolute atomic E-state index is 11.8. The second-order valence-electron chi connectivity index (χ2n) is 3.40. The van der Waals surface area contributed by atoms with Crippen LogP contribution in [0.25, 0.3) is 10.9 Å². The number of benzene rings is 1. The summed E-state index contributed by atoms with van der Waals surface area (Å²) < 4.78 is 1.45. The van der Waals surface area contributed by atoms with Gasteiger partial charge in [-0.25, -0.2) is 4.98 Å². The fourth-order valence-corrected chi connectivity index (χ4v) is 1.44. The van der Waals surface area contributed by atoms with Crippen LogP contribution < -0.4 is 11.3 Å². The molecule has 2 N–H and O–H groups in total. The molecule has 0 aliphatic carbocycles. The van der Waals surface area contributed by atoms with Crippen molar-refractivity contribution in [3.8, 4) is 11.8 Å². The van der Waals surface area contributed by atoms with Crippen molar-refractivity contribution < 1.29 is 0 Å². The van der Waals surface area contributed by atoms with Gasteiger partial charge in [-0.1, -0.05) is 11.8 Å². The second-order valence-corrected chi connectivity index (χ2v) is 3.40. The van der Waals surface area contributed by atoms with Crippen molar-refractivity contribution in [3.05, 3.63) is 40.4 Å². The third kappa shape index (κ3) is 1.81. The van der Waals surface area contributed by atoms with Crippen LogP contribution >= 0.6 is 0 Å². The van der Waals surface area contributed by atoms with E-state index in [2.05, 4.69) is 16.8 Å². The number of aromatic nitrogens is 2. The number of hydrogen-bond acceptors (Lipinski definition) is 3. The first-order valence-corrected chi connectivity index (χ1v) is 4.86. The summed E-state index contributed by atoms with van der Waals surface area (Å²) in [4.78, 5) is 16.0. The molecule has 4 heteroatoms. The third-order valence-corrected chi connectivity index (χ3v) is 2.25. The molecule has 1 aromatic heterocycles. The predicted octanol–water partition coefficient (Wildman–Crippen LogP) is 0.244. The Morgan fingerprint density at radius 3 is 3.06 bits per heavy atom. The lowest BCUT2D eigenvalue weighted by atomic mass is 10.1. The molecule has 0 fully saturated rings. The molecule has 0 unspecified atom stereocenters. The summed E-state index contributed by atoms with van der Waals surface area (Å²) in [6, 6.07) is 5.36. The first-order chi connectivity index (χ1) is 7.72. The molecule has 4 nitrogen and oxygen atoms in total. The van der Waals surface area contributed by atoms with Crippen LogP contribution in [0.1, 0.15) is 5.56 Å². The number of nitrogens with two attached hydrogens (primary N) is 1. The van der Waals surface area contributed by atoms with Crippen molar-refractivity contribution in [1.29, 1.82) is 0 Å². The summed E-state index contributed by atoms with van der Waals surface area (Å²) in [5, 5.41) is 0.578. The fourth-order valence-electron chi connectivity index (χ4n) is 1.44. The minimum atomic E-state index is -0.0681. The zero-order valence-electron chi connectivity index (χ0n) is 8.90. The summed E-state index contributed by atoms with van der Waals surface area (Å²) in [5.74, 6) is 5.64. The van der Waals surface area contributed by atoms with Gasteiger partial charge in [0.1, 0.15) is 0 Å². The van der Waals surface area contributed by atoms with E-state index in [0.29, 0.717) is 17.4 Å². The Labute approximate surface area is 92.7 Å². The summed E-state index contributed by atoms with van der Waals surface area (Å²) in [7, 11) is 1.67. The lowest BCUT2D eigenvalue weighted by Crippen LogP contribution is -2.16. The van der Waals surface area contributed by atoms with E-state index in [4.69, 9.17) is 5.73 Å². The highest BCUT2D eigenvalue weighted by Crippen LogP contribution is 2.08. The summed E-state index contributed by atoms with van der Waals surface area (Å²) in [6.07, 6.45) is 1.51. The van der Waals surface area contributed by atoms with Crippen LogP contribution in [0, 0.1) is 11.8 Å². The van der Waals surface area contributed by atoms with E-state index in [1.54, 1.807) is 19.2 Å². The topological polar surface area (TPSA) is 60.9 Å². The summed E-state index contributed by atoms with van der Waals surface area (Å²) in [6.45, 7) is 0.309. The molecular formula is C12H11N3O. The Bertz CT molecular complexity index is 647. The quantitative estimate of drug-likeness (QED) is 0.638. The van der Waals surface area contributed by atoms with Crippen LogP contribution in [-0.4, -0.2) is 16.1 Å². The molecule has 0 bridgehead atoms. The average Bonchev–Trinajstić information content (AvgIpc) is 2.31. The highest BCUT2D eigenvalue weighted by molar-refractivity contribution is 5.78. The van der Waals surface area contributed by atoms with Crippen LogP contribution in [0.3, 0.4) is 0 Å². The van der Waals surface area contributed by atoms with Gasteiger partial charge in [0.25, 0.3) is 5.56 Å². The zero-order chi connectivity index (χ0) is 11.5. The molecule has 16 heavy (non-hydrogen) atoms. The van der Waals surface area contributed by atoms with E-state index in [-0.39, 0.29) is 5.56 Å². The molecule has 0 atom stereocenters. The van der Waals surface area contributed by atoms with Crippen LogP contribution in [0.4, 0.5) is 0 Å². The Balaban J connectivity index is 2.69. The molecule has 0 saturated heterocycles. The van der Waals surface area contributed by atoms with Crippen molar-refractivity contribution in [2.24, 2.45) is 12.8 Å². The summed E-state index contributed by atoms with van der Waals surface area (Å²) >= 11 is 0. The van der Waals surface area contributed by atoms with Gasteiger partial charge in [-0.3, -0.25) is 4.79 Å². The predicted molar refractivity (Wildman–Crippen MR) is 62.9 cm³/mol. The van der Waals surface area contributed by atoms with Crippen LogP contribution in [0.15, 0.2) is 29.3 Å². The average molecular weight is 213 g/mol. The van der Waals surface area contributed by atoms with Crippen molar-refractivity contribution in [2.75, 3.05) is 6.54 Å². The first kappa shape index (κ1) is 10.4. The Hall–Kier alpha value is -2.12. The standard InChI is InChI=1S/C12H11N3O/c1-15-8-14-11-5-4-9(3-2-6-13)7-10(11)12(15)16/h4-5,7-8H,6,13H2,1H3. The molecule has 0 saturated carbocycles. The van der Waals surface area contributed by atoms with E-state index in [1.165, 1.54) is 10.9 Å². The SMILES string of the molecule is Cn1cnc2ccc(C#CCN)cc2c1=O. The van der Waals surface area contributed by atoms with Crippen LogP contribution in [-0.2, 0) is 7.05 Å². The van der Waals surface area contributed by atoms with Gasteiger partial charge in [0.2, 0.25) is 0 Å². The van der Waals surface area contributed by atoms with E-state index in [1.807, 2.05) is 6.07 Å². The molecule has 1 heterocycles. The smallest absolute Gasteiger partial charge is 0.260 e. The van der Waals surface area contributed by atoms with Crippen molar-refractivity contribution >= 4 is 10.9 Å². The second kappa shape index (κ2) is 4.17. The lowest BCUT2D eigenvalue weighted by Gasteiger charge is -2.00. The minimum absolute atomic E-state index is 0.0681. The van der Waals surface area contributed by atoms with Gasteiger partial charge < -0.3 is 10.3 Å². The van der Waals surface area contributed by atoms with Crippen molar-refractivity contribution in [2.45, 2.75) is 0 Å². The highest BCUT2D eigenvalue weighted by atomic mass is 16.1. The lowest BCUT2D eigenvalue weighted by molar-refractivity contribution is 0.843. The number of fused-ring (bicyclic) bond motifs is 1. The summed E-state index contributed by atoms with van der Waals surface area (Å²) in [5.41, 5.74) is 6.69. The first-order valence-electron chi connectivity index (χ1n) is 4.86. The van der Waals surface area contributed by atoms with Crippen LogP contribution in [0.2, 0.25) is 0 Å². The molecule has 0 amide bonds. The molecule has 0 radical (unpaired) electrons. The van der Waals surface area contributed by atoms with Gasteiger partial charge in [0.05, 0.1) is 23.8 Å². The number of rotatable bonds is 0. The maximum Gasteiger partial charge on any atom is 0.260 e. The number of aryl methyl sites for hydroxylation is 1. The molecule has 2 aromatic rings. The number of nitrogens with zero attached hydrogens (tertiary/aromatic N) is 2. The number of hydrogen-bond donors (Lipinski definition) is 1. The minimum Gasteiger partial charge on any atom is -0.320 e. The fraction of sp³-hybridized carbons (Fsp3) is 0.167.